The van der Waals surface area contributed by atoms with Gasteiger partial charge in [-0.3, -0.25) is 0 Å². The van der Waals surface area contributed by atoms with Gasteiger partial charge in [-0.25, -0.2) is 0 Å². The molecule has 1 N–H and O–H groups in total. The van der Waals surface area contributed by atoms with E-state index in [0.29, 0.717) is 6.04 Å². The largest absolute Gasteiger partial charge is 0.305 e. The molecular weight excluding hydrogens is 326 g/mol. The minimum Gasteiger partial charge on any atom is -0.305 e. The van der Waals surface area contributed by atoms with Crippen LogP contribution in [0, 0.1) is 6.92 Å². The number of halogens is 1. The van der Waals surface area contributed by atoms with Gasteiger partial charge in [0.1, 0.15) is 0 Å². The lowest BCUT2D eigenvalue weighted by atomic mass is 10.2. The fourth-order valence-electron chi connectivity index (χ4n) is 1.91. The van der Waals surface area contributed by atoms with Crippen molar-refractivity contribution in [2.45, 2.75) is 33.2 Å². The van der Waals surface area contributed by atoms with E-state index in [0.717, 1.165) is 13.0 Å². The molecule has 0 fully saturated rings. The van der Waals surface area contributed by atoms with E-state index in [-0.39, 0.29) is 0 Å². The molecule has 0 radical (unpaired) electrons. The zero-order valence-corrected chi connectivity index (χ0v) is 14.1. The molecule has 2 aromatic heterocycles. The summed E-state index contributed by atoms with van der Waals surface area (Å²) in [6.07, 6.45) is 1.12. The van der Waals surface area contributed by atoms with Crippen LogP contribution in [0.4, 0.5) is 0 Å². The van der Waals surface area contributed by atoms with Crippen LogP contribution in [0.3, 0.4) is 0 Å². The minimum atomic E-state index is 0.343. The summed E-state index contributed by atoms with van der Waals surface area (Å²) in [6, 6.07) is 7.14. The molecule has 0 spiro atoms. The van der Waals surface area contributed by atoms with E-state index in [4.69, 9.17) is 0 Å². The number of aryl methyl sites for hydroxylation is 2. The number of thiophene rings is 2. The lowest BCUT2D eigenvalue weighted by molar-refractivity contribution is 0.648. The SMILES string of the molecule is CCNC(c1ccc(CC)s1)c1cc(C)c(Br)s1. The standard InChI is InChI=1S/C14H18BrNS2/c1-4-10-6-7-11(17-10)13(16-5-2)12-8-9(3)14(15)18-12/h6-8,13,16H,4-5H2,1-3H3. The van der Waals surface area contributed by atoms with Gasteiger partial charge in [-0.15, -0.1) is 22.7 Å². The molecule has 0 saturated carbocycles. The van der Waals surface area contributed by atoms with Gasteiger partial charge in [0, 0.05) is 14.6 Å². The second-order valence-electron chi connectivity index (χ2n) is 4.25. The molecule has 0 aliphatic heterocycles. The molecule has 2 rings (SSSR count). The summed E-state index contributed by atoms with van der Waals surface area (Å²) in [4.78, 5) is 4.27. The molecule has 0 aromatic carbocycles. The highest BCUT2D eigenvalue weighted by molar-refractivity contribution is 9.11. The lowest BCUT2D eigenvalue weighted by Crippen LogP contribution is -2.20. The van der Waals surface area contributed by atoms with E-state index < -0.39 is 0 Å². The van der Waals surface area contributed by atoms with Crippen molar-refractivity contribution in [2.75, 3.05) is 6.54 Å². The molecule has 2 heterocycles. The lowest BCUT2D eigenvalue weighted by Gasteiger charge is -2.14. The van der Waals surface area contributed by atoms with Crippen molar-refractivity contribution in [1.29, 1.82) is 0 Å². The van der Waals surface area contributed by atoms with Gasteiger partial charge in [0.2, 0.25) is 0 Å². The van der Waals surface area contributed by atoms with Crippen molar-refractivity contribution in [1.82, 2.24) is 5.32 Å². The maximum atomic E-state index is 3.62. The molecule has 1 atom stereocenters. The molecule has 0 aliphatic rings. The third-order valence-electron chi connectivity index (χ3n) is 2.88. The highest BCUT2D eigenvalue weighted by atomic mass is 79.9. The van der Waals surface area contributed by atoms with E-state index in [1.165, 1.54) is 24.0 Å². The summed E-state index contributed by atoms with van der Waals surface area (Å²) >= 11 is 7.38. The minimum absolute atomic E-state index is 0.343. The van der Waals surface area contributed by atoms with Gasteiger partial charge >= 0.3 is 0 Å². The molecule has 0 aliphatic carbocycles. The van der Waals surface area contributed by atoms with Crippen LogP contribution in [-0.4, -0.2) is 6.54 Å². The Morgan fingerprint density at radius 2 is 2.00 bits per heavy atom. The predicted molar refractivity (Wildman–Crippen MR) is 86.0 cm³/mol. The Hall–Kier alpha value is -0.160. The van der Waals surface area contributed by atoms with Gasteiger partial charge in [-0.1, -0.05) is 13.8 Å². The zero-order valence-electron chi connectivity index (χ0n) is 10.9. The summed E-state index contributed by atoms with van der Waals surface area (Å²) in [5, 5.41) is 3.59. The smallest absolute Gasteiger partial charge is 0.0765 e. The first-order valence-electron chi connectivity index (χ1n) is 6.23. The molecule has 4 heteroatoms. The quantitative estimate of drug-likeness (QED) is 0.792. The molecule has 0 bridgehead atoms. The third-order valence-corrected chi connectivity index (χ3v) is 6.38. The number of hydrogen-bond donors (Lipinski definition) is 1. The molecule has 0 amide bonds. The van der Waals surface area contributed by atoms with Crippen LogP contribution in [0.15, 0.2) is 22.0 Å². The fourth-order valence-corrected chi connectivity index (χ4v) is 4.70. The zero-order chi connectivity index (χ0) is 13.1. The topological polar surface area (TPSA) is 12.0 Å². The molecule has 2 aromatic rings. The van der Waals surface area contributed by atoms with Gasteiger partial charge in [-0.05, 0) is 59.6 Å². The van der Waals surface area contributed by atoms with Crippen molar-refractivity contribution >= 4 is 38.6 Å². The Balaban J connectivity index is 2.32. The van der Waals surface area contributed by atoms with Crippen LogP contribution in [0.1, 0.15) is 40.1 Å². The Morgan fingerprint density at radius 3 is 2.50 bits per heavy atom. The van der Waals surface area contributed by atoms with Crippen LogP contribution in [0.2, 0.25) is 0 Å². The van der Waals surface area contributed by atoms with E-state index in [2.05, 4.69) is 60.2 Å². The average Bonchev–Trinajstić information content (AvgIpc) is 2.94. The number of rotatable bonds is 5. The second kappa shape index (κ2) is 6.33. The maximum absolute atomic E-state index is 3.62. The summed E-state index contributed by atoms with van der Waals surface area (Å²) in [7, 11) is 0. The fraction of sp³-hybridized carbons (Fsp3) is 0.429. The molecule has 1 nitrogen and oxygen atoms in total. The van der Waals surface area contributed by atoms with Crippen molar-refractivity contribution in [3.8, 4) is 0 Å². The monoisotopic (exact) mass is 343 g/mol. The second-order valence-corrected chi connectivity index (χ2v) is 7.86. The van der Waals surface area contributed by atoms with Crippen molar-refractivity contribution in [2.24, 2.45) is 0 Å². The van der Waals surface area contributed by atoms with E-state index in [1.807, 2.05) is 22.7 Å². The highest BCUT2D eigenvalue weighted by Gasteiger charge is 2.18. The number of hydrogen-bond acceptors (Lipinski definition) is 3. The predicted octanol–water partition coefficient (Wildman–Crippen LogP) is 5.14. The van der Waals surface area contributed by atoms with Crippen LogP contribution >= 0.6 is 38.6 Å². The Bertz CT molecular complexity index is 496. The van der Waals surface area contributed by atoms with Crippen molar-refractivity contribution in [3.63, 3.8) is 0 Å². The normalized spacial score (nSPS) is 12.9. The third kappa shape index (κ3) is 3.05. The molecule has 18 heavy (non-hydrogen) atoms. The Morgan fingerprint density at radius 1 is 1.22 bits per heavy atom. The summed E-state index contributed by atoms with van der Waals surface area (Å²) in [5.74, 6) is 0. The van der Waals surface area contributed by atoms with Gasteiger partial charge in [0.05, 0.1) is 9.83 Å². The van der Waals surface area contributed by atoms with Crippen LogP contribution in [0.25, 0.3) is 0 Å². The van der Waals surface area contributed by atoms with Gasteiger partial charge in [0.25, 0.3) is 0 Å². The first-order valence-corrected chi connectivity index (χ1v) is 8.66. The van der Waals surface area contributed by atoms with Crippen LogP contribution in [-0.2, 0) is 6.42 Å². The van der Waals surface area contributed by atoms with E-state index >= 15 is 0 Å². The van der Waals surface area contributed by atoms with E-state index in [1.54, 1.807) is 0 Å². The molecule has 0 saturated heterocycles. The molecule has 1 unspecified atom stereocenters. The average molecular weight is 344 g/mol. The Labute approximate surface area is 125 Å². The van der Waals surface area contributed by atoms with Crippen LogP contribution < -0.4 is 5.32 Å². The van der Waals surface area contributed by atoms with Crippen molar-refractivity contribution in [3.05, 3.63) is 42.2 Å². The Kier molecular flexibility index (Phi) is 5.01. The van der Waals surface area contributed by atoms with Gasteiger partial charge in [-0.2, -0.15) is 0 Å². The first-order chi connectivity index (χ1) is 8.65. The van der Waals surface area contributed by atoms with Crippen molar-refractivity contribution < 1.29 is 0 Å². The van der Waals surface area contributed by atoms with Gasteiger partial charge in [0.15, 0.2) is 0 Å². The summed E-state index contributed by atoms with van der Waals surface area (Å²) in [5.41, 5.74) is 1.32. The summed E-state index contributed by atoms with van der Waals surface area (Å²) in [6.45, 7) is 7.51. The molecule has 98 valence electrons. The highest BCUT2D eigenvalue weighted by Crippen LogP contribution is 2.36. The summed E-state index contributed by atoms with van der Waals surface area (Å²) < 4.78 is 1.24. The number of nitrogens with one attached hydrogen (secondary N) is 1. The maximum Gasteiger partial charge on any atom is 0.0765 e. The van der Waals surface area contributed by atoms with Gasteiger partial charge < -0.3 is 5.32 Å². The first kappa shape index (κ1) is 14.3. The molecular formula is C14H18BrNS2. The van der Waals surface area contributed by atoms with E-state index in [9.17, 15) is 0 Å². The van der Waals surface area contributed by atoms with Crippen LogP contribution in [0.5, 0.6) is 0 Å².